The maximum Gasteiger partial charge on any atom is 0.258 e. The molecule has 8 heteroatoms. The van der Waals surface area contributed by atoms with Crippen molar-refractivity contribution in [1.29, 1.82) is 0 Å². The molecule has 0 saturated carbocycles. The van der Waals surface area contributed by atoms with Gasteiger partial charge in [0.2, 0.25) is 0 Å². The molecule has 1 saturated heterocycles. The Balaban J connectivity index is 1.51. The van der Waals surface area contributed by atoms with Gasteiger partial charge in [0.1, 0.15) is 11.6 Å². The number of ether oxygens (including phenoxy) is 1. The van der Waals surface area contributed by atoms with E-state index in [2.05, 4.69) is 19.9 Å². The molecule has 2 aromatic heterocycles. The van der Waals surface area contributed by atoms with Crippen LogP contribution in [0.2, 0.25) is 0 Å². The molecule has 3 aromatic rings. The molecule has 0 spiro atoms. The van der Waals surface area contributed by atoms with Crippen LogP contribution in [0.4, 0.5) is 5.82 Å². The van der Waals surface area contributed by atoms with Crippen molar-refractivity contribution >= 4 is 22.6 Å². The molecule has 1 N–H and O–H groups in total. The van der Waals surface area contributed by atoms with E-state index >= 15 is 0 Å². The van der Waals surface area contributed by atoms with Gasteiger partial charge in [-0.25, -0.2) is 9.97 Å². The van der Waals surface area contributed by atoms with Gasteiger partial charge in [0, 0.05) is 25.8 Å². The van der Waals surface area contributed by atoms with E-state index in [1.54, 1.807) is 35.4 Å². The Bertz CT molecular complexity index is 1060. The van der Waals surface area contributed by atoms with Crippen molar-refractivity contribution in [3.05, 3.63) is 64.3 Å². The van der Waals surface area contributed by atoms with E-state index in [1.165, 1.54) is 0 Å². The van der Waals surface area contributed by atoms with Crippen LogP contribution in [0.3, 0.4) is 0 Å². The summed E-state index contributed by atoms with van der Waals surface area (Å²) in [4.78, 5) is 40.7. The summed E-state index contributed by atoms with van der Waals surface area (Å²) in [6, 6.07) is 10.8. The minimum atomic E-state index is -0.203. The molecule has 3 heterocycles. The summed E-state index contributed by atoms with van der Waals surface area (Å²) in [5, 5.41) is 0.536. The van der Waals surface area contributed by atoms with Gasteiger partial charge < -0.3 is 19.5 Å². The third-order valence-electron chi connectivity index (χ3n) is 5.00. The van der Waals surface area contributed by atoms with Crippen LogP contribution in [0.1, 0.15) is 23.1 Å². The highest BCUT2D eigenvalue weighted by Gasteiger charge is 2.18. The van der Waals surface area contributed by atoms with E-state index in [4.69, 9.17) is 4.74 Å². The van der Waals surface area contributed by atoms with E-state index in [1.807, 2.05) is 19.1 Å². The lowest BCUT2D eigenvalue weighted by atomic mass is 10.2. The number of carbonyl (C=O) groups is 1. The molecule has 0 aliphatic carbocycles. The first-order valence-electron chi connectivity index (χ1n) is 9.71. The number of hydrogen-bond acceptors (Lipinski definition) is 6. The number of aromatic amines is 1. The molecule has 0 radical (unpaired) electrons. The second-order valence-corrected chi connectivity index (χ2v) is 6.85. The molecule has 1 amide bonds. The van der Waals surface area contributed by atoms with Gasteiger partial charge in [-0.1, -0.05) is 12.1 Å². The van der Waals surface area contributed by atoms with Gasteiger partial charge >= 0.3 is 0 Å². The third-order valence-corrected chi connectivity index (χ3v) is 5.00. The summed E-state index contributed by atoms with van der Waals surface area (Å²) < 4.78 is 5.36. The number of carbonyl (C=O) groups excluding carboxylic acids is 1. The summed E-state index contributed by atoms with van der Waals surface area (Å²) >= 11 is 0. The van der Waals surface area contributed by atoms with E-state index in [0.29, 0.717) is 42.0 Å². The predicted octanol–water partition coefficient (Wildman–Crippen LogP) is 1.82. The summed E-state index contributed by atoms with van der Waals surface area (Å²) in [6.07, 6.45) is 1.60. The Morgan fingerprint density at radius 3 is 2.72 bits per heavy atom. The van der Waals surface area contributed by atoms with Gasteiger partial charge in [-0.05, 0) is 31.2 Å². The van der Waals surface area contributed by atoms with Crippen LogP contribution in [-0.2, 0) is 11.3 Å². The monoisotopic (exact) mass is 393 g/mol. The molecule has 8 nitrogen and oxygen atoms in total. The van der Waals surface area contributed by atoms with Crippen LogP contribution in [0.5, 0.6) is 0 Å². The quantitative estimate of drug-likeness (QED) is 0.711. The molecule has 1 aliphatic heterocycles. The van der Waals surface area contributed by atoms with Crippen molar-refractivity contribution < 1.29 is 9.53 Å². The largest absolute Gasteiger partial charge is 0.378 e. The zero-order valence-electron chi connectivity index (χ0n) is 16.3. The van der Waals surface area contributed by atoms with Crippen LogP contribution >= 0.6 is 0 Å². The molecule has 150 valence electrons. The highest BCUT2D eigenvalue weighted by atomic mass is 16.5. The standard InChI is InChI=1S/C21H23N5O3/c1-2-25(14-18-23-17-6-4-3-5-16(17)20(27)24-18)21(28)15-7-8-19(22-13-15)26-9-11-29-12-10-26/h3-8,13H,2,9-12,14H2,1H3,(H,23,24,27). The molecular formula is C21H23N5O3. The number of anilines is 1. The van der Waals surface area contributed by atoms with E-state index in [9.17, 15) is 9.59 Å². The van der Waals surface area contributed by atoms with Crippen molar-refractivity contribution in [3.63, 3.8) is 0 Å². The highest BCUT2D eigenvalue weighted by Crippen LogP contribution is 2.15. The van der Waals surface area contributed by atoms with Crippen molar-refractivity contribution in [2.45, 2.75) is 13.5 Å². The van der Waals surface area contributed by atoms with Crippen LogP contribution in [0, 0.1) is 0 Å². The normalized spacial score (nSPS) is 14.2. The zero-order chi connectivity index (χ0) is 20.2. The minimum Gasteiger partial charge on any atom is -0.378 e. The first-order valence-corrected chi connectivity index (χ1v) is 9.71. The van der Waals surface area contributed by atoms with Gasteiger partial charge in [-0.15, -0.1) is 0 Å². The number of aromatic nitrogens is 3. The Morgan fingerprint density at radius 1 is 1.21 bits per heavy atom. The number of para-hydroxylation sites is 1. The van der Waals surface area contributed by atoms with Crippen molar-refractivity contribution in [2.24, 2.45) is 0 Å². The number of H-pyrrole nitrogens is 1. The predicted molar refractivity (Wildman–Crippen MR) is 110 cm³/mol. The molecule has 1 fully saturated rings. The highest BCUT2D eigenvalue weighted by molar-refractivity contribution is 5.94. The van der Waals surface area contributed by atoms with Gasteiger partial charge in [0.25, 0.3) is 11.5 Å². The molecular weight excluding hydrogens is 370 g/mol. The lowest BCUT2D eigenvalue weighted by Crippen LogP contribution is -2.37. The lowest BCUT2D eigenvalue weighted by Gasteiger charge is -2.28. The first-order chi connectivity index (χ1) is 14.2. The van der Waals surface area contributed by atoms with E-state index < -0.39 is 0 Å². The Morgan fingerprint density at radius 2 is 2.00 bits per heavy atom. The van der Waals surface area contributed by atoms with Crippen molar-refractivity contribution in [2.75, 3.05) is 37.7 Å². The maximum absolute atomic E-state index is 12.9. The fraction of sp³-hybridized carbons (Fsp3) is 0.333. The average Bonchev–Trinajstić information content (AvgIpc) is 2.78. The third kappa shape index (κ3) is 4.12. The van der Waals surface area contributed by atoms with Crippen LogP contribution < -0.4 is 10.5 Å². The molecule has 29 heavy (non-hydrogen) atoms. The summed E-state index contributed by atoms with van der Waals surface area (Å²) in [5.41, 5.74) is 0.920. The average molecular weight is 393 g/mol. The Hall–Kier alpha value is -3.26. The number of nitrogens with one attached hydrogen (secondary N) is 1. The Kier molecular flexibility index (Phi) is 5.53. The number of pyridine rings is 1. The van der Waals surface area contributed by atoms with Gasteiger partial charge in [0.15, 0.2) is 0 Å². The molecule has 1 aliphatic rings. The van der Waals surface area contributed by atoms with Crippen LogP contribution in [0.15, 0.2) is 47.4 Å². The minimum absolute atomic E-state index is 0.149. The molecule has 0 bridgehead atoms. The van der Waals surface area contributed by atoms with Gasteiger partial charge in [0.05, 0.1) is 36.2 Å². The second-order valence-electron chi connectivity index (χ2n) is 6.85. The summed E-state index contributed by atoms with van der Waals surface area (Å²) in [5.74, 6) is 1.15. The number of nitrogens with zero attached hydrogens (tertiary/aromatic N) is 4. The Labute approximate surface area is 168 Å². The number of morpholine rings is 1. The molecule has 1 aromatic carbocycles. The van der Waals surface area contributed by atoms with Crippen LogP contribution in [0.25, 0.3) is 10.9 Å². The number of hydrogen-bond donors (Lipinski definition) is 1. The first kappa shape index (κ1) is 19.1. The number of amides is 1. The van der Waals surface area contributed by atoms with Gasteiger partial charge in [-0.2, -0.15) is 0 Å². The zero-order valence-corrected chi connectivity index (χ0v) is 16.3. The maximum atomic E-state index is 12.9. The topological polar surface area (TPSA) is 91.4 Å². The molecule has 4 rings (SSSR count). The van der Waals surface area contributed by atoms with Gasteiger partial charge in [-0.3, -0.25) is 9.59 Å². The number of fused-ring (bicyclic) bond motifs is 1. The van der Waals surface area contributed by atoms with Crippen molar-refractivity contribution in [3.8, 4) is 0 Å². The molecule has 0 unspecified atom stereocenters. The van der Waals surface area contributed by atoms with Crippen LogP contribution in [-0.4, -0.2) is 58.6 Å². The number of benzene rings is 1. The fourth-order valence-corrected chi connectivity index (χ4v) is 3.39. The fourth-order valence-electron chi connectivity index (χ4n) is 3.39. The molecule has 0 atom stereocenters. The van der Waals surface area contributed by atoms with E-state index in [0.717, 1.165) is 18.9 Å². The number of rotatable bonds is 5. The summed E-state index contributed by atoms with van der Waals surface area (Å²) in [6.45, 7) is 5.56. The second kappa shape index (κ2) is 8.40. The van der Waals surface area contributed by atoms with E-state index in [-0.39, 0.29) is 18.0 Å². The van der Waals surface area contributed by atoms with Crippen molar-refractivity contribution in [1.82, 2.24) is 19.9 Å². The SMILES string of the molecule is CCN(Cc1nc2ccccc2c(=O)[nH]1)C(=O)c1ccc(N2CCOCC2)nc1. The summed E-state index contributed by atoms with van der Waals surface area (Å²) in [7, 11) is 0. The lowest BCUT2D eigenvalue weighted by molar-refractivity contribution is 0.0748. The smallest absolute Gasteiger partial charge is 0.258 e.